The number of halogens is 1. The van der Waals surface area contributed by atoms with Gasteiger partial charge in [-0.15, -0.1) is 10.2 Å². The maximum absolute atomic E-state index is 14.1. The van der Waals surface area contributed by atoms with E-state index in [1.54, 1.807) is 18.3 Å². The maximum Gasteiger partial charge on any atom is 0.213 e. The summed E-state index contributed by atoms with van der Waals surface area (Å²) in [6.07, 6.45) is 7.37. The van der Waals surface area contributed by atoms with Crippen molar-refractivity contribution in [3.05, 3.63) is 65.6 Å². The second kappa shape index (κ2) is 8.98. The molecule has 5 rings (SSSR count). The zero-order valence-electron chi connectivity index (χ0n) is 18.7. The Labute approximate surface area is 188 Å². The van der Waals surface area contributed by atoms with Gasteiger partial charge in [-0.25, -0.2) is 9.37 Å². The van der Waals surface area contributed by atoms with E-state index in [0.29, 0.717) is 17.8 Å². The quantitative estimate of drug-likeness (QED) is 0.645. The lowest BCUT2D eigenvalue weighted by atomic mass is 9.86. The van der Waals surface area contributed by atoms with E-state index in [0.717, 1.165) is 61.4 Å². The molecule has 1 saturated carbocycles. The molecular formula is C25H30FN5O. The smallest absolute Gasteiger partial charge is 0.213 e. The normalized spacial score (nSPS) is 22.8. The van der Waals surface area contributed by atoms with E-state index in [9.17, 15) is 4.39 Å². The molecule has 0 bridgehead atoms. The third-order valence-corrected chi connectivity index (χ3v) is 6.47. The summed E-state index contributed by atoms with van der Waals surface area (Å²) in [5.74, 6) is 2.75. The van der Waals surface area contributed by atoms with Crippen LogP contribution in [0.4, 0.5) is 4.39 Å². The number of rotatable bonds is 5. The second-order valence-electron chi connectivity index (χ2n) is 9.27. The standard InChI is InChI=1S/C25H30FN5O/c1-16(2)28-20-14-18-13-19(26)8-11-22(18)31-23(15-20)29-30-25(31)17-6-9-21(10-7-17)32-24-5-3-4-12-27-24/h3-5,8,11-13,16-17,20-21,28H,6-7,9-10,14-15H2,1-2H3. The summed E-state index contributed by atoms with van der Waals surface area (Å²) >= 11 is 0. The summed E-state index contributed by atoms with van der Waals surface area (Å²) < 4.78 is 22.4. The number of fused-ring (bicyclic) bond motifs is 3. The molecule has 6 nitrogen and oxygen atoms in total. The van der Waals surface area contributed by atoms with Crippen LogP contribution in [0.5, 0.6) is 5.88 Å². The SMILES string of the molecule is CC(C)NC1Cc2cc(F)ccc2-n2c(nnc2C2CCC(Oc3ccccn3)CC2)C1. The molecule has 1 aromatic carbocycles. The third kappa shape index (κ3) is 4.39. The average molecular weight is 436 g/mol. The highest BCUT2D eigenvalue weighted by Crippen LogP contribution is 2.36. The predicted molar refractivity (Wildman–Crippen MR) is 121 cm³/mol. The molecule has 2 aliphatic rings. The first-order chi connectivity index (χ1) is 15.6. The first-order valence-electron chi connectivity index (χ1n) is 11.6. The highest BCUT2D eigenvalue weighted by molar-refractivity contribution is 5.45. The van der Waals surface area contributed by atoms with Crippen molar-refractivity contribution in [2.24, 2.45) is 0 Å². The number of benzene rings is 1. The van der Waals surface area contributed by atoms with Crippen molar-refractivity contribution in [1.29, 1.82) is 0 Å². The molecule has 1 unspecified atom stereocenters. The second-order valence-corrected chi connectivity index (χ2v) is 9.27. The molecule has 0 spiro atoms. The molecular weight excluding hydrogens is 405 g/mol. The molecule has 2 aromatic heterocycles. The van der Waals surface area contributed by atoms with Crippen molar-refractivity contribution >= 4 is 0 Å². The van der Waals surface area contributed by atoms with Gasteiger partial charge in [-0.1, -0.05) is 19.9 Å². The van der Waals surface area contributed by atoms with Crippen molar-refractivity contribution < 1.29 is 9.13 Å². The number of ether oxygens (including phenoxy) is 1. The van der Waals surface area contributed by atoms with Gasteiger partial charge in [0.1, 0.15) is 23.6 Å². The van der Waals surface area contributed by atoms with Crippen molar-refractivity contribution in [2.75, 3.05) is 0 Å². The van der Waals surface area contributed by atoms with Gasteiger partial charge in [-0.2, -0.15) is 0 Å². The van der Waals surface area contributed by atoms with Crippen LogP contribution in [0.15, 0.2) is 42.6 Å². The predicted octanol–water partition coefficient (Wildman–Crippen LogP) is 4.37. The van der Waals surface area contributed by atoms with E-state index in [2.05, 4.69) is 38.9 Å². The summed E-state index contributed by atoms with van der Waals surface area (Å²) in [6.45, 7) is 4.28. The van der Waals surface area contributed by atoms with Gasteiger partial charge in [0.25, 0.3) is 0 Å². The average Bonchev–Trinajstić information content (AvgIpc) is 3.11. The van der Waals surface area contributed by atoms with E-state index in [4.69, 9.17) is 4.74 Å². The van der Waals surface area contributed by atoms with Crippen LogP contribution >= 0.6 is 0 Å². The van der Waals surface area contributed by atoms with Crippen LogP contribution in [-0.2, 0) is 12.8 Å². The number of pyridine rings is 1. The van der Waals surface area contributed by atoms with Gasteiger partial charge >= 0.3 is 0 Å². The van der Waals surface area contributed by atoms with Crippen molar-refractivity contribution in [1.82, 2.24) is 25.1 Å². The summed E-state index contributed by atoms with van der Waals surface area (Å²) in [6, 6.07) is 11.4. The van der Waals surface area contributed by atoms with Crippen molar-refractivity contribution in [3.63, 3.8) is 0 Å². The molecule has 1 N–H and O–H groups in total. The minimum atomic E-state index is -0.197. The Balaban J connectivity index is 1.39. The van der Waals surface area contributed by atoms with Crippen LogP contribution in [0.25, 0.3) is 5.69 Å². The van der Waals surface area contributed by atoms with Crippen LogP contribution < -0.4 is 10.1 Å². The van der Waals surface area contributed by atoms with Gasteiger partial charge in [-0.3, -0.25) is 4.57 Å². The lowest BCUT2D eigenvalue weighted by Gasteiger charge is -2.28. The zero-order chi connectivity index (χ0) is 22.1. The molecule has 168 valence electrons. The fourth-order valence-corrected chi connectivity index (χ4v) is 5.10. The maximum atomic E-state index is 14.1. The lowest BCUT2D eigenvalue weighted by molar-refractivity contribution is 0.139. The number of hydrogen-bond donors (Lipinski definition) is 1. The molecule has 1 atom stereocenters. The minimum absolute atomic E-state index is 0.175. The van der Waals surface area contributed by atoms with E-state index >= 15 is 0 Å². The Bertz CT molecular complexity index is 1060. The first-order valence-corrected chi connectivity index (χ1v) is 11.6. The van der Waals surface area contributed by atoms with Crippen molar-refractivity contribution in [2.45, 2.75) is 76.5 Å². The molecule has 0 amide bonds. The van der Waals surface area contributed by atoms with E-state index in [-0.39, 0.29) is 18.0 Å². The monoisotopic (exact) mass is 435 g/mol. The van der Waals surface area contributed by atoms with E-state index in [1.165, 1.54) is 0 Å². The molecule has 1 fully saturated rings. The Morgan fingerprint density at radius 3 is 2.66 bits per heavy atom. The topological polar surface area (TPSA) is 64.9 Å². The summed E-state index contributed by atoms with van der Waals surface area (Å²) in [5, 5.41) is 12.9. The van der Waals surface area contributed by atoms with Gasteiger partial charge in [0.05, 0.1) is 5.69 Å². The number of nitrogens with zero attached hydrogens (tertiary/aromatic N) is 4. The zero-order valence-corrected chi connectivity index (χ0v) is 18.7. The van der Waals surface area contributed by atoms with Crippen LogP contribution in [0.1, 0.15) is 62.7 Å². The highest BCUT2D eigenvalue weighted by atomic mass is 19.1. The molecule has 3 heterocycles. The molecule has 0 saturated heterocycles. The van der Waals surface area contributed by atoms with Crippen LogP contribution in [0.2, 0.25) is 0 Å². The number of aromatic nitrogens is 4. The van der Waals surface area contributed by atoms with Gasteiger partial charge in [0.2, 0.25) is 5.88 Å². The largest absolute Gasteiger partial charge is 0.474 e. The Hall–Kier alpha value is -2.80. The summed E-state index contributed by atoms with van der Waals surface area (Å²) in [5.41, 5.74) is 2.02. The minimum Gasteiger partial charge on any atom is -0.474 e. The van der Waals surface area contributed by atoms with Crippen molar-refractivity contribution in [3.8, 4) is 11.6 Å². The molecule has 32 heavy (non-hydrogen) atoms. The highest BCUT2D eigenvalue weighted by Gasteiger charge is 2.31. The van der Waals surface area contributed by atoms with Crippen LogP contribution in [0.3, 0.4) is 0 Å². The fraction of sp³-hybridized carbons (Fsp3) is 0.480. The van der Waals surface area contributed by atoms with E-state index < -0.39 is 0 Å². The molecule has 0 radical (unpaired) electrons. The Morgan fingerprint density at radius 1 is 1.06 bits per heavy atom. The van der Waals surface area contributed by atoms with Gasteiger partial charge < -0.3 is 10.1 Å². The number of hydrogen-bond acceptors (Lipinski definition) is 5. The number of nitrogens with one attached hydrogen (secondary N) is 1. The van der Waals surface area contributed by atoms with Gasteiger partial charge in [-0.05, 0) is 61.9 Å². The summed E-state index contributed by atoms with van der Waals surface area (Å²) in [4.78, 5) is 4.28. The molecule has 3 aromatic rings. The van der Waals surface area contributed by atoms with Crippen LogP contribution in [-0.4, -0.2) is 37.9 Å². The summed E-state index contributed by atoms with van der Waals surface area (Å²) in [7, 11) is 0. The van der Waals surface area contributed by atoms with Crippen LogP contribution in [0, 0.1) is 5.82 Å². The Kier molecular flexibility index (Phi) is 5.91. The lowest BCUT2D eigenvalue weighted by Crippen LogP contribution is -2.37. The Morgan fingerprint density at radius 2 is 1.91 bits per heavy atom. The molecule has 1 aliphatic carbocycles. The molecule has 1 aliphatic heterocycles. The van der Waals surface area contributed by atoms with Gasteiger partial charge in [0.15, 0.2) is 0 Å². The first kappa shape index (κ1) is 21.1. The van der Waals surface area contributed by atoms with E-state index in [1.807, 2.05) is 24.3 Å². The fourth-order valence-electron chi connectivity index (χ4n) is 5.10. The molecule has 7 heteroatoms. The van der Waals surface area contributed by atoms with Gasteiger partial charge in [0, 0.05) is 36.7 Å². The third-order valence-electron chi connectivity index (χ3n) is 6.47.